The second-order valence-electron chi connectivity index (χ2n) is 6.79. The molecule has 1 aromatic heterocycles. The first-order chi connectivity index (χ1) is 12.6. The quantitative estimate of drug-likeness (QED) is 0.601. The van der Waals surface area contributed by atoms with Crippen LogP contribution in [0.4, 0.5) is 0 Å². The molecule has 1 atom stereocenters. The molecule has 0 spiro atoms. The number of carbonyl (C=O) groups excluding carboxylic acids is 2. The second-order valence-corrected chi connectivity index (χ2v) is 8.09. The van der Waals surface area contributed by atoms with Gasteiger partial charge in [-0.3, -0.25) is 20.4 Å². The Hall–Kier alpha value is -2.35. The van der Waals surface area contributed by atoms with Gasteiger partial charge in [0.05, 0.1) is 5.25 Å². The van der Waals surface area contributed by atoms with Crippen molar-refractivity contribution in [2.75, 3.05) is 0 Å². The number of nitrogens with one attached hydrogen (secondary N) is 2. The van der Waals surface area contributed by atoms with Crippen molar-refractivity contribution in [1.82, 2.24) is 25.6 Å². The number of rotatable bonds is 6. The van der Waals surface area contributed by atoms with Gasteiger partial charge in [-0.05, 0) is 44.7 Å². The Balaban J connectivity index is 1.35. The van der Waals surface area contributed by atoms with Gasteiger partial charge in [0, 0.05) is 17.5 Å². The molecule has 0 bridgehead atoms. The van der Waals surface area contributed by atoms with Gasteiger partial charge in [-0.25, -0.2) is 0 Å². The predicted molar refractivity (Wildman–Crippen MR) is 97.6 cm³/mol. The minimum absolute atomic E-state index is 0.266. The number of aromatic nitrogens is 3. The van der Waals surface area contributed by atoms with Gasteiger partial charge in [0.25, 0.3) is 11.8 Å². The molecule has 2 aromatic rings. The number of benzene rings is 1. The summed E-state index contributed by atoms with van der Waals surface area (Å²) in [7, 11) is 0. The van der Waals surface area contributed by atoms with Crippen LogP contribution >= 0.6 is 11.8 Å². The molecular weight excluding hydrogens is 350 g/mol. The smallest absolute Gasteiger partial charge is 0.269 e. The van der Waals surface area contributed by atoms with Crippen LogP contribution < -0.4 is 10.9 Å². The van der Waals surface area contributed by atoms with E-state index in [0.717, 1.165) is 23.8 Å². The summed E-state index contributed by atoms with van der Waals surface area (Å²) in [5.74, 6) is 0.998. The van der Waals surface area contributed by atoms with Crippen LogP contribution in [-0.4, -0.2) is 31.8 Å². The molecule has 2 N–H and O–H groups in total. The topological polar surface area (TPSA) is 88.9 Å². The summed E-state index contributed by atoms with van der Waals surface area (Å²) in [5, 5.41) is 9.08. The molecule has 2 fully saturated rings. The van der Waals surface area contributed by atoms with Crippen LogP contribution in [0.1, 0.15) is 60.7 Å². The third-order valence-electron chi connectivity index (χ3n) is 4.53. The number of hydrogen-bond acceptors (Lipinski definition) is 5. The lowest BCUT2D eigenvalue weighted by molar-refractivity contribution is -0.121. The maximum Gasteiger partial charge on any atom is 0.269 e. The third-order valence-corrected chi connectivity index (χ3v) is 5.59. The summed E-state index contributed by atoms with van der Waals surface area (Å²) >= 11 is 1.39. The highest BCUT2D eigenvalue weighted by Crippen LogP contribution is 2.46. The van der Waals surface area contributed by atoms with E-state index in [-0.39, 0.29) is 17.1 Å². The highest BCUT2D eigenvalue weighted by Gasteiger charge is 2.37. The van der Waals surface area contributed by atoms with E-state index in [1.807, 2.05) is 6.07 Å². The minimum Gasteiger partial charge on any atom is -0.303 e. The van der Waals surface area contributed by atoms with Gasteiger partial charge in [0.1, 0.15) is 5.82 Å². The number of hydrazine groups is 1. The van der Waals surface area contributed by atoms with Gasteiger partial charge in [-0.1, -0.05) is 30.0 Å². The highest BCUT2D eigenvalue weighted by molar-refractivity contribution is 8.00. The molecule has 0 unspecified atom stereocenters. The van der Waals surface area contributed by atoms with Crippen molar-refractivity contribution >= 4 is 23.6 Å². The van der Waals surface area contributed by atoms with Crippen molar-refractivity contribution in [2.24, 2.45) is 0 Å². The van der Waals surface area contributed by atoms with E-state index in [9.17, 15) is 9.59 Å². The molecule has 2 saturated carbocycles. The average molecular weight is 371 g/mol. The summed E-state index contributed by atoms with van der Waals surface area (Å²) in [6.45, 7) is 1.80. The number of amides is 2. The standard InChI is InChI=1S/C18H21N5O2S/c1-11(16(24)20-21-17(25)13-5-3-2-4-6-13)26-18-22-19-15(12-7-8-12)23(18)14-9-10-14/h2-6,11-12,14H,7-10H2,1H3,(H,20,24)(H,21,25)/t11-/m0/s1. The molecule has 7 nitrogen and oxygen atoms in total. The second kappa shape index (κ2) is 7.11. The van der Waals surface area contributed by atoms with Gasteiger partial charge in [0.2, 0.25) is 0 Å². The zero-order valence-corrected chi connectivity index (χ0v) is 15.3. The van der Waals surface area contributed by atoms with Crippen LogP contribution in [0.2, 0.25) is 0 Å². The van der Waals surface area contributed by atoms with Crippen molar-refractivity contribution < 1.29 is 9.59 Å². The third kappa shape index (κ3) is 3.75. The molecule has 2 amide bonds. The molecule has 0 saturated heterocycles. The van der Waals surface area contributed by atoms with Gasteiger partial charge in [-0.2, -0.15) is 0 Å². The van der Waals surface area contributed by atoms with Crippen molar-refractivity contribution in [2.45, 2.75) is 55.0 Å². The number of nitrogens with zero attached hydrogens (tertiary/aromatic N) is 3. The average Bonchev–Trinajstić information content (AvgIpc) is 3.59. The highest BCUT2D eigenvalue weighted by atomic mass is 32.2. The summed E-state index contributed by atoms with van der Waals surface area (Å²) < 4.78 is 2.22. The van der Waals surface area contributed by atoms with Gasteiger partial charge < -0.3 is 4.57 Å². The summed E-state index contributed by atoms with van der Waals surface area (Å²) in [5.41, 5.74) is 5.44. The molecule has 1 aromatic carbocycles. The zero-order chi connectivity index (χ0) is 18.1. The Morgan fingerprint density at radius 3 is 2.50 bits per heavy atom. The van der Waals surface area contributed by atoms with E-state index < -0.39 is 0 Å². The lowest BCUT2D eigenvalue weighted by Crippen LogP contribution is -2.44. The van der Waals surface area contributed by atoms with Crippen LogP contribution in [0.3, 0.4) is 0 Å². The molecule has 8 heteroatoms. The molecule has 4 rings (SSSR count). The fourth-order valence-electron chi connectivity index (χ4n) is 2.76. The van der Waals surface area contributed by atoms with Crippen LogP contribution in [0.15, 0.2) is 35.5 Å². The van der Waals surface area contributed by atoms with E-state index in [4.69, 9.17) is 0 Å². The van der Waals surface area contributed by atoms with Crippen LogP contribution in [0, 0.1) is 0 Å². The van der Waals surface area contributed by atoms with E-state index in [1.54, 1.807) is 31.2 Å². The van der Waals surface area contributed by atoms with E-state index in [1.165, 1.54) is 24.6 Å². The Morgan fingerprint density at radius 2 is 1.85 bits per heavy atom. The fourth-order valence-corrected chi connectivity index (χ4v) is 3.68. The number of hydrogen-bond donors (Lipinski definition) is 2. The lowest BCUT2D eigenvalue weighted by atomic mass is 10.2. The van der Waals surface area contributed by atoms with Crippen molar-refractivity contribution in [3.8, 4) is 0 Å². The van der Waals surface area contributed by atoms with Crippen LogP contribution in [-0.2, 0) is 4.79 Å². The fraction of sp³-hybridized carbons (Fsp3) is 0.444. The monoisotopic (exact) mass is 371 g/mol. The van der Waals surface area contributed by atoms with Crippen molar-refractivity contribution in [3.63, 3.8) is 0 Å². The molecule has 0 radical (unpaired) electrons. The molecule has 2 aliphatic carbocycles. The van der Waals surface area contributed by atoms with Gasteiger partial charge >= 0.3 is 0 Å². The molecular formula is C18H21N5O2S. The molecule has 1 heterocycles. The first-order valence-electron chi connectivity index (χ1n) is 8.90. The van der Waals surface area contributed by atoms with Gasteiger partial charge in [0.15, 0.2) is 5.16 Å². The SMILES string of the molecule is C[C@H](Sc1nnc(C2CC2)n1C1CC1)C(=O)NNC(=O)c1ccccc1. The normalized spacial score (nSPS) is 17.6. The largest absolute Gasteiger partial charge is 0.303 e. The van der Waals surface area contributed by atoms with Crippen LogP contribution in [0.25, 0.3) is 0 Å². The predicted octanol–water partition coefficient (Wildman–Crippen LogP) is 2.43. The Kier molecular flexibility index (Phi) is 4.67. The minimum atomic E-state index is -0.389. The lowest BCUT2D eigenvalue weighted by Gasteiger charge is -2.13. The van der Waals surface area contributed by atoms with Crippen molar-refractivity contribution in [1.29, 1.82) is 0 Å². The maximum absolute atomic E-state index is 12.3. The Bertz CT molecular complexity index is 814. The van der Waals surface area contributed by atoms with E-state index in [0.29, 0.717) is 17.5 Å². The maximum atomic E-state index is 12.3. The first-order valence-corrected chi connectivity index (χ1v) is 9.78. The van der Waals surface area contributed by atoms with Crippen LogP contribution in [0.5, 0.6) is 0 Å². The number of carbonyl (C=O) groups is 2. The summed E-state index contributed by atoms with van der Waals surface area (Å²) in [6.07, 6.45) is 4.66. The summed E-state index contributed by atoms with van der Waals surface area (Å²) in [4.78, 5) is 24.3. The Labute approximate surface area is 155 Å². The summed E-state index contributed by atoms with van der Waals surface area (Å²) in [6, 6.07) is 9.25. The van der Waals surface area contributed by atoms with Crippen molar-refractivity contribution in [3.05, 3.63) is 41.7 Å². The van der Waals surface area contributed by atoms with Gasteiger partial charge in [-0.15, -0.1) is 10.2 Å². The van der Waals surface area contributed by atoms with E-state index in [2.05, 4.69) is 25.6 Å². The molecule has 0 aliphatic heterocycles. The zero-order valence-electron chi connectivity index (χ0n) is 14.5. The molecule has 26 heavy (non-hydrogen) atoms. The van der Waals surface area contributed by atoms with E-state index >= 15 is 0 Å². The molecule has 136 valence electrons. The molecule has 2 aliphatic rings. The Morgan fingerprint density at radius 1 is 1.12 bits per heavy atom. The first kappa shape index (κ1) is 17.1. The number of thioether (sulfide) groups is 1.